The van der Waals surface area contributed by atoms with Crippen LogP contribution in [0.4, 0.5) is 16.2 Å². The summed E-state index contributed by atoms with van der Waals surface area (Å²) in [6.07, 6.45) is 2.16. The van der Waals surface area contributed by atoms with Gasteiger partial charge in [0, 0.05) is 38.7 Å². The Kier molecular flexibility index (Phi) is 10.7. The Morgan fingerprint density at radius 2 is 1.76 bits per heavy atom. The molecule has 0 atom stereocenters. The molecule has 8 nitrogen and oxygen atoms in total. The van der Waals surface area contributed by atoms with Crippen molar-refractivity contribution in [3.05, 3.63) is 52.0 Å². The van der Waals surface area contributed by atoms with E-state index in [-0.39, 0.29) is 18.6 Å². The van der Waals surface area contributed by atoms with Crippen LogP contribution in [0.3, 0.4) is 0 Å². The van der Waals surface area contributed by atoms with Crippen molar-refractivity contribution in [1.82, 2.24) is 4.90 Å². The van der Waals surface area contributed by atoms with Gasteiger partial charge in [-0.25, -0.2) is 4.79 Å². The van der Waals surface area contributed by atoms with Crippen LogP contribution < -0.4 is 14.5 Å². The quantitative estimate of drug-likeness (QED) is 0.206. The third-order valence-corrected chi connectivity index (χ3v) is 8.90. The average Bonchev–Trinajstić information content (AvgIpc) is 2.94. The zero-order chi connectivity index (χ0) is 29.6. The zero-order valence-electron chi connectivity index (χ0n) is 24.5. The maximum Gasteiger partial charge on any atom is 0.510 e. The van der Waals surface area contributed by atoms with Gasteiger partial charge in [-0.15, -0.1) is 0 Å². The lowest BCUT2D eigenvalue weighted by molar-refractivity contribution is -0.120. The molecule has 41 heavy (non-hydrogen) atoms. The first-order chi connectivity index (χ1) is 19.5. The van der Waals surface area contributed by atoms with Crippen molar-refractivity contribution in [2.45, 2.75) is 59.0 Å². The van der Waals surface area contributed by atoms with Gasteiger partial charge < -0.3 is 19.1 Å². The predicted octanol–water partition coefficient (Wildman–Crippen LogP) is 6.80. The maximum atomic E-state index is 12.7. The Hall–Kier alpha value is -2.68. The van der Waals surface area contributed by atoms with Crippen LogP contribution in [0.5, 0.6) is 5.75 Å². The number of fused-ring (bicyclic) bond motifs is 1. The van der Waals surface area contributed by atoms with Gasteiger partial charge in [-0.2, -0.15) is 0 Å². The van der Waals surface area contributed by atoms with Crippen molar-refractivity contribution in [3.8, 4) is 5.75 Å². The second-order valence-corrected chi connectivity index (χ2v) is 12.2. The molecule has 0 aromatic heterocycles. The number of piperazine rings is 1. The van der Waals surface area contributed by atoms with Gasteiger partial charge in [-0.05, 0) is 69.3 Å². The van der Waals surface area contributed by atoms with E-state index in [4.69, 9.17) is 37.4 Å². The minimum absolute atomic E-state index is 0.0942. The lowest BCUT2D eigenvalue weighted by Crippen LogP contribution is -2.46. The number of amides is 1. The van der Waals surface area contributed by atoms with E-state index in [2.05, 4.69) is 9.80 Å². The molecule has 0 saturated carbocycles. The molecule has 0 bridgehead atoms. The summed E-state index contributed by atoms with van der Waals surface area (Å²) in [6.45, 7) is 12.8. The topological polar surface area (TPSA) is 71.5 Å². The van der Waals surface area contributed by atoms with E-state index in [1.54, 1.807) is 0 Å². The fraction of sp³-hybridized carbons (Fsp3) is 0.548. The van der Waals surface area contributed by atoms with Crippen LogP contribution in [0.2, 0.25) is 10.0 Å². The van der Waals surface area contributed by atoms with Crippen molar-refractivity contribution in [2.24, 2.45) is 5.92 Å². The smallest absolute Gasteiger partial charge is 0.494 e. The number of ether oxygens (including phenoxy) is 3. The van der Waals surface area contributed by atoms with Crippen molar-refractivity contribution in [3.63, 3.8) is 0 Å². The second-order valence-electron chi connectivity index (χ2n) is 11.5. The number of rotatable bonds is 11. The van der Waals surface area contributed by atoms with E-state index >= 15 is 0 Å². The summed E-state index contributed by atoms with van der Waals surface area (Å²) in [5.41, 5.74) is 2.07. The van der Waals surface area contributed by atoms with Crippen molar-refractivity contribution in [1.29, 1.82) is 0 Å². The molecule has 0 unspecified atom stereocenters. The molecule has 1 saturated heterocycles. The molecule has 10 heteroatoms. The van der Waals surface area contributed by atoms with Gasteiger partial charge in [0.2, 0.25) is 5.91 Å². The summed E-state index contributed by atoms with van der Waals surface area (Å²) in [4.78, 5) is 31.2. The Labute approximate surface area is 253 Å². The fourth-order valence-electron chi connectivity index (χ4n) is 4.80. The molecule has 2 aliphatic rings. The molecule has 0 spiro atoms. The SMILES string of the molecule is CC(C)C(C)(C)OC(=O)OCN1C(=O)CCc2ccc(OCCCCN3CCN(c4cccc(Cl)c4Cl)CC3)cc21. The third kappa shape index (κ3) is 8.21. The molecule has 2 heterocycles. The highest BCUT2D eigenvalue weighted by molar-refractivity contribution is 6.43. The summed E-state index contributed by atoms with van der Waals surface area (Å²) < 4.78 is 16.8. The first kappa shape index (κ1) is 31.3. The number of anilines is 2. The van der Waals surface area contributed by atoms with Gasteiger partial charge in [0.25, 0.3) is 0 Å². The number of benzene rings is 2. The molecule has 0 aliphatic carbocycles. The number of halogens is 2. The van der Waals surface area contributed by atoms with E-state index in [0.29, 0.717) is 40.9 Å². The van der Waals surface area contributed by atoms with Crippen LogP contribution in [0, 0.1) is 5.92 Å². The van der Waals surface area contributed by atoms with Gasteiger partial charge in [0.15, 0.2) is 6.73 Å². The van der Waals surface area contributed by atoms with Gasteiger partial charge in [-0.3, -0.25) is 14.6 Å². The summed E-state index contributed by atoms with van der Waals surface area (Å²) in [7, 11) is 0. The largest absolute Gasteiger partial charge is 0.510 e. The van der Waals surface area contributed by atoms with Gasteiger partial charge in [-0.1, -0.05) is 49.2 Å². The summed E-state index contributed by atoms with van der Waals surface area (Å²) in [5, 5.41) is 1.21. The van der Waals surface area contributed by atoms with Crippen molar-refractivity contribution >= 4 is 46.6 Å². The average molecular weight is 607 g/mol. The standard InChI is InChI=1S/C31H41Cl2N3O5/c1-22(2)31(3,4)41-30(38)40-21-36-27-20-24(12-10-23(27)11-13-28(36)37)39-19-6-5-14-34-15-17-35(18-16-34)26-9-7-8-25(32)29(26)33/h7-10,12,20,22H,5-6,11,13-19,21H2,1-4H3. The number of carbonyl (C=O) groups is 2. The molecule has 0 radical (unpaired) electrons. The molecule has 4 rings (SSSR count). The minimum atomic E-state index is -0.786. The summed E-state index contributed by atoms with van der Waals surface area (Å²) in [5.74, 6) is 0.721. The summed E-state index contributed by atoms with van der Waals surface area (Å²) >= 11 is 12.6. The Bertz CT molecular complexity index is 1210. The van der Waals surface area contributed by atoms with Crippen LogP contribution in [0.25, 0.3) is 0 Å². The molecule has 0 N–H and O–H groups in total. The van der Waals surface area contributed by atoms with E-state index in [1.165, 1.54) is 4.90 Å². The Morgan fingerprint density at radius 1 is 1.00 bits per heavy atom. The molecule has 2 aliphatic heterocycles. The molecule has 2 aromatic carbocycles. The molecule has 224 valence electrons. The molecular formula is C31H41Cl2N3O5. The first-order valence-electron chi connectivity index (χ1n) is 14.4. The first-order valence-corrected chi connectivity index (χ1v) is 15.1. The van der Waals surface area contributed by atoms with E-state index in [9.17, 15) is 9.59 Å². The lowest BCUT2D eigenvalue weighted by Gasteiger charge is -2.36. The highest BCUT2D eigenvalue weighted by Gasteiger charge is 2.30. The zero-order valence-corrected chi connectivity index (χ0v) is 26.0. The van der Waals surface area contributed by atoms with Crippen LogP contribution in [-0.4, -0.2) is 68.6 Å². The van der Waals surface area contributed by atoms with E-state index in [0.717, 1.165) is 56.8 Å². The highest BCUT2D eigenvalue weighted by Crippen LogP contribution is 2.34. The minimum Gasteiger partial charge on any atom is -0.494 e. The van der Waals surface area contributed by atoms with Crippen LogP contribution in [0.1, 0.15) is 52.5 Å². The number of unbranched alkanes of at least 4 members (excludes halogenated alkanes) is 1. The van der Waals surface area contributed by atoms with E-state index < -0.39 is 11.8 Å². The van der Waals surface area contributed by atoms with Crippen LogP contribution >= 0.6 is 23.2 Å². The number of aryl methyl sites for hydroxylation is 1. The highest BCUT2D eigenvalue weighted by atomic mass is 35.5. The number of nitrogens with zero attached hydrogens (tertiary/aromatic N) is 3. The van der Waals surface area contributed by atoms with Crippen molar-refractivity contribution in [2.75, 3.05) is 55.9 Å². The third-order valence-electron chi connectivity index (χ3n) is 8.09. The maximum absolute atomic E-state index is 12.7. The van der Waals surface area contributed by atoms with Gasteiger partial charge in [0.05, 0.1) is 28.0 Å². The molecule has 1 fully saturated rings. The van der Waals surface area contributed by atoms with Gasteiger partial charge in [0.1, 0.15) is 11.4 Å². The Balaban J connectivity index is 1.21. The van der Waals surface area contributed by atoms with Crippen LogP contribution in [0.15, 0.2) is 36.4 Å². The number of hydrogen-bond acceptors (Lipinski definition) is 7. The van der Waals surface area contributed by atoms with Gasteiger partial charge >= 0.3 is 6.16 Å². The van der Waals surface area contributed by atoms with E-state index in [1.807, 2.05) is 64.1 Å². The van der Waals surface area contributed by atoms with Crippen molar-refractivity contribution < 1.29 is 23.8 Å². The number of hydrogen-bond donors (Lipinski definition) is 0. The molecular weight excluding hydrogens is 565 g/mol. The monoisotopic (exact) mass is 605 g/mol. The van der Waals surface area contributed by atoms with Crippen LogP contribution in [-0.2, 0) is 20.7 Å². The second kappa shape index (κ2) is 14.0. The Morgan fingerprint density at radius 3 is 2.49 bits per heavy atom. The molecule has 2 aromatic rings. The lowest BCUT2D eigenvalue weighted by atomic mass is 9.95. The normalized spacial score (nSPS) is 16.1. The summed E-state index contributed by atoms with van der Waals surface area (Å²) in [6, 6.07) is 11.6. The molecule has 1 amide bonds. The fourth-order valence-corrected chi connectivity index (χ4v) is 5.22. The predicted molar refractivity (Wildman–Crippen MR) is 163 cm³/mol. The number of carbonyl (C=O) groups excluding carboxylic acids is 2.